The van der Waals surface area contributed by atoms with Crippen molar-refractivity contribution in [3.05, 3.63) is 51.2 Å². The van der Waals surface area contributed by atoms with Gasteiger partial charge < -0.3 is 9.30 Å². The Morgan fingerprint density at radius 1 is 1.37 bits per heavy atom. The third-order valence-corrected chi connectivity index (χ3v) is 3.29. The number of hydrogen-bond acceptors (Lipinski definition) is 3. The maximum atomic E-state index is 13.2. The predicted molar refractivity (Wildman–Crippen MR) is 70.9 cm³/mol. The molecule has 0 atom stereocenters. The van der Waals surface area contributed by atoms with Crippen molar-refractivity contribution in [3.8, 4) is 11.6 Å². The van der Waals surface area contributed by atoms with Crippen LogP contribution in [0, 0.1) is 5.82 Å². The Hall–Kier alpha value is -1.69. The van der Waals surface area contributed by atoms with Crippen molar-refractivity contribution < 1.29 is 9.13 Å². The summed E-state index contributed by atoms with van der Waals surface area (Å²) in [6.45, 7) is 0. The van der Waals surface area contributed by atoms with E-state index in [2.05, 4.69) is 20.9 Å². The van der Waals surface area contributed by atoms with Gasteiger partial charge in [0.15, 0.2) is 0 Å². The van der Waals surface area contributed by atoms with Crippen molar-refractivity contribution in [2.24, 2.45) is 0 Å². The Bertz CT molecular complexity index is 662. The lowest BCUT2D eigenvalue weighted by Crippen LogP contribution is -2.20. The topological polar surface area (TPSA) is 44.1 Å². The molecule has 0 spiro atoms. The van der Waals surface area contributed by atoms with E-state index in [0.717, 1.165) is 12.8 Å². The van der Waals surface area contributed by atoms with Gasteiger partial charge in [0.05, 0.1) is 0 Å². The van der Waals surface area contributed by atoms with Gasteiger partial charge in [-0.25, -0.2) is 9.37 Å². The molecular formula is C13H10BrFN2O2. The third-order valence-electron chi connectivity index (χ3n) is 2.83. The van der Waals surface area contributed by atoms with Gasteiger partial charge in [-0.05, 0) is 25.0 Å². The molecule has 0 aliphatic heterocycles. The van der Waals surface area contributed by atoms with Crippen LogP contribution in [-0.2, 0) is 0 Å². The number of halogens is 2. The molecule has 0 N–H and O–H groups in total. The smallest absolute Gasteiger partial charge is 0.313 e. The van der Waals surface area contributed by atoms with Crippen molar-refractivity contribution in [1.82, 2.24) is 9.55 Å². The fourth-order valence-electron chi connectivity index (χ4n) is 1.82. The van der Waals surface area contributed by atoms with Crippen molar-refractivity contribution in [2.45, 2.75) is 18.9 Å². The molecular weight excluding hydrogens is 315 g/mol. The van der Waals surface area contributed by atoms with Gasteiger partial charge in [-0.1, -0.05) is 15.9 Å². The zero-order valence-corrected chi connectivity index (χ0v) is 11.4. The maximum absolute atomic E-state index is 13.2. The summed E-state index contributed by atoms with van der Waals surface area (Å²) >= 11 is 3.17. The minimum absolute atomic E-state index is 0.0353. The van der Waals surface area contributed by atoms with Gasteiger partial charge in [0.2, 0.25) is 0 Å². The normalized spacial score (nSPS) is 14.4. The molecule has 6 heteroatoms. The van der Waals surface area contributed by atoms with Crippen LogP contribution in [-0.4, -0.2) is 9.55 Å². The number of ether oxygens (including phenoxy) is 1. The Morgan fingerprint density at radius 3 is 2.84 bits per heavy atom. The Kier molecular flexibility index (Phi) is 3.10. The van der Waals surface area contributed by atoms with E-state index in [0.29, 0.717) is 4.47 Å². The molecule has 1 aromatic heterocycles. The molecule has 0 amide bonds. The molecule has 1 heterocycles. The van der Waals surface area contributed by atoms with Crippen LogP contribution in [0.3, 0.4) is 0 Å². The number of benzene rings is 1. The lowest BCUT2D eigenvalue weighted by Gasteiger charge is -2.07. The highest BCUT2D eigenvalue weighted by atomic mass is 79.9. The van der Waals surface area contributed by atoms with Crippen molar-refractivity contribution in [3.63, 3.8) is 0 Å². The van der Waals surface area contributed by atoms with Crippen LogP contribution in [0.15, 0.2) is 39.9 Å². The van der Waals surface area contributed by atoms with E-state index >= 15 is 0 Å². The van der Waals surface area contributed by atoms with Gasteiger partial charge in [-0.3, -0.25) is 4.79 Å². The number of aromatic nitrogens is 2. The molecule has 0 unspecified atom stereocenters. The molecule has 1 saturated carbocycles. The second-order valence-electron chi connectivity index (χ2n) is 4.38. The molecule has 1 aliphatic rings. The molecule has 0 radical (unpaired) electrons. The van der Waals surface area contributed by atoms with Crippen molar-refractivity contribution in [1.29, 1.82) is 0 Å². The van der Waals surface area contributed by atoms with E-state index in [9.17, 15) is 9.18 Å². The summed E-state index contributed by atoms with van der Waals surface area (Å²) in [6, 6.07) is 4.35. The van der Waals surface area contributed by atoms with E-state index < -0.39 is 5.82 Å². The zero-order valence-electron chi connectivity index (χ0n) is 9.85. The first kappa shape index (κ1) is 12.3. The molecule has 4 nitrogen and oxygen atoms in total. The summed E-state index contributed by atoms with van der Waals surface area (Å²) in [5, 5.41) is 0. The van der Waals surface area contributed by atoms with Crippen molar-refractivity contribution >= 4 is 15.9 Å². The number of nitrogens with zero attached hydrogens (tertiary/aromatic N) is 2. The second-order valence-corrected chi connectivity index (χ2v) is 5.30. The Morgan fingerprint density at radius 2 is 2.16 bits per heavy atom. The minimum atomic E-state index is -0.442. The predicted octanol–water partition coefficient (Wildman–Crippen LogP) is 3.27. The van der Waals surface area contributed by atoms with Crippen LogP contribution in [0.25, 0.3) is 0 Å². The van der Waals surface area contributed by atoms with Crippen molar-refractivity contribution in [2.75, 3.05) is 0 Å². The molecule has 0 saturated heterocycles. The van der Waals surface area contributed by atoms with Crippen LogP contribution >= 0.6 is 15.9 Å². The number of hydrogen-bond donors (Lipinski definition) is 0. The molecule has 2 aromatic rings. The lowest BCUT2D eigenvalue weighted by atomic mass is 10.3. The molecule has 3 rings (SSSR count). The summed E-state index contributed by atoms with van der Waals surface area (Å²) in [7, 11) is 0. The van der Waals surface area contributed by atoms with E-state index in [1.165, 1.54) is 18.3 Å². The Labute approximate surface area is 117 Å². The number of rotatable bonds is 3. The molecule has 19 heavy (non-hydrogen) atoms. The van der Waals surface area contributed by atoms with Gasteiger partial charge in [0, 0.05) is 29.0 Å². The average Bonchev–Trinajstić information content (AvgIpc) is 3.14. The molecule has 1 fully saturated rings. The van der Waals surface area contributed by atoms with E-state index in [4.69, 9.17) is 4.74 Å². The fraction of sp³-hybridized carbons (Fsp3) is 0.231. The van der Waals surface area contributed by atoms with E-state index in [1.807, 2.05) is 0 Å². The highest BCUT2D eigenvalue weighted by Gasteiger charge is 2.25. The molecule has 1 aromatic carbocycles. The summed E-state index contributed by atoms with van der Waals surface area (Å²) < 4.78 is 20.8. The van der Waals surface area contributed by atoms with E-state index in [1.54, 1.807) is 16.8 Å². The first-order valence-corrected chi connectivity index (χ1v) is 6.64. The minimum Gasteiger partial charge on any atom is -0.434 e. The standard InChI is InChI=1S/C13H10BrFN2O2/c14-8-5-9(15)7-11(6-8)19-12-13(18)17(4-3-16-12)10-1-2-10/h3-7,10H,1-2H2. The quantitative estimate of drug-likeness (QED) is 0.870. The van der Waals surface area contributed by atoms with Gasteiger partial charge in [0.25, 0.3) is 5.88 Å². The monoisotopic (exact) mass is 324 g/mol. The van der Waals surface area contributed by atoms with Crippen LogP contribution < -0.4 is 10.3 Å². The summed E-state index contributed by atoms with van der Waals surface area (Å²) in [5.41, 5.74) is -0.287. The second kappa shape index (κ2) is 4.77. The summed E-state index contributed by atoms with van der Waals surface area (Å²) in [6.07, 6.45) is 5.15. The van der Waals surface area contributed by atoms with Gasteiger partial charge in [-0.15, -0.1) is 0 Å². The largest absolute Gasteiger partial charge is 0.434 e. The average molecular weight is 325 g/mol. The highest BCUT2D eigenvalue weighted by molar-refractivity contribution is 9.10. The highest BCUT2D eigenvalue weighted by Crippen LogP contribution is 2.33. The summed E-state index contributed by atoms with van der Waals surface area (Å²) in [5.74, 6) is -0.236. The van der Waals surface area contributed by atoms with E-state index in [-0.39, 0.29) is 23.2 Å². The Balaban J connectivity index is 1.94. The van der Waals surface area contributed by atoms with Gasteiger partial charge >= 0.3 is 5.56 Å². The van der Waals surface area contributed by atoms with Crippen LogP contribution in [0.2, 0.25) is 0 Å². The first-order valence-electron chi connectivity index (χ1n) is 5.84. The summed E-state index contributed by atoms with van der Waals surface area (Å²) in [4.78, 5) is 16.0. The lowest BCUT2D eigenvalue weighted by molar-refractivity contribution is 0.440. The molecule has 98 valence electrons. The molecule has 0 bridgehead atoms. The fourth-order valence-corrected chi connectivity index (χ4v) is 2.26. The zero-order chi connectivity index (χ0) is 13.4. The first-order chi connectivity index (χ1) is 9.13. The van der Waals surface area contributed by atoms with Crippen LogP contribution in [0.1, 0.15) is 18.9 Å². The SMILES string of the molecule is O=c1c(Oc2cc(F)cc(Br)c2)nccn1C1CC1. The van der Waals surface area contributed by atoms with Crippen LogP contribution in [0.4, 0.5) is 4.39 Å². The van der Waals surface area contributed by atoms with Gasteiger partial charge in [-0.2, -0.15) is 0 Å². The molecule has 1 aliphatic carbocycles. The van der Waals surface area contributed by atoms with Gasteiger partial charge in [0.1, 0.15) is 11.6 Å². The maximum Gasteiger partial charge on any atom is 0.313 e. The van der Waals surface area contributed by atoms with Crippen LogP contribution in [0.5, 0.6) is 11.6 Å². The third kappa shape index (κ3) is 2.68.